The third-order valence-corrected chi connectivity index (χ3v) is 7.25. The molecule has 2 fully saturated rings. The number of nitrogens with two attached hydrogens (primary N) is 1. The molecule has 2 N–H and O–H groups in total. The molecule has 196 valence electrons. The van der Waals surface area contributed by atoms with Crippen LogP contribution in [0.4, 0.5) is 5.82 Å². The van der Waals surface area contributed by atoms with Crippen LogP contribution in [0.1, 0.15) is 31.7 Å². The molecule has 0 atom stereocenters. The van der Waals surface area contributed by atoms with Gasteiger partial charge in [0.15, 0.2) is 11.5 Å². The van der Waals surface area contributed by atoms with Gasteiger partial charge in [0.1, 0.15) is 35.0 Å². The van der Waals surface area contributed by atoms with Gasteiger partial charge in [-0.1, -0.05) is 24.3 Å². The highest BCUT2D eigenvalue weighted by molar-refractivity contribution is 5.97. The molecule has 6 rings (SSSR count). The van der Waals surface area contributed by atoms with Crippen molar-refractivity contribution in [2.24, 2.45) is 5.92 Å². The molecule has 0 spiro atoms. The number of nitriles is 1. The first kappa shape index (κ1) is 24.4. The summed E-state index contributed by atoms with van der Waals surface area (Å²) >= 11 is 0. The number of rotatable bonds is 6. The van der Waals surface area contributed by atoms with Crippen molar-refractivity contribution in [3.8, 4) is 23.3 Å². The fourth-order valence-corrected chi connectivity index (χ4v) is 5.08. The van der Waals surface area contributed by atoms with Crippen molar-refractivity contribution in [2.75, 3.05) is 18.8 Å². The van der Waals surface area contributed by atoms with Crippen molar-refractivity contribution < 1.29 is 9.53 Å². The van der Waals surface area contributed by atoms with Crippen molar-refractivity contribution in [3.63, 3.8) is 0 Å². The van der Waals surface area contributed by atoms with E-state index in [-0.39, 0.29) is 29.0 Å². The molecule has 10 heteroatoms. The number of hydrogen-bond donors (Lipinski definition) is 1. The Balaban J connectivity index is 1.28. The second-order valence-electron chi connectivity index (χ2n) is 9.88. The number of benzene rings is 2. The average molecular weight is 522 g/mol. The number of para-hydroxylation sites is 1. The molecule has 0 unspecified atom stereocenters. The summed E-state index contributed by atoms with van der Waals surface area (Å²) in [6.07, 6.45) is 6.32. The van der Waals surface area contributed by atoms with Crippen LogP contribution in [0.3, 0.4) is 0 Å². The maximum absolute atomic E-state index is 13.9. The number of imidazole rings is 1. The van der Waals surface area contributed by atoms with Gasteiger partial charge in [0.05, 0.1) is 5.69 Å². The van der Waals surface area contributed by atoms with Crippen LogP contribution >= 0.6 is 0 Å². The summed E-state index contributed by atoms with van der Waals surface area (Å²) in [6, 6.07) is 18.5. The number of fused-ring (bicyclic) bond motifs is 1. The zero-order valence-electron chi connectivity index (χ0n) is 21.2. The number of amides is 1. The number of aromatic nitrogens is 4. The lowest BCUT2D eigenvalue weighted by Gasteiger charge is -2.32. The van der Waals surface area contributed by atoms with Crippen molar-refractivity contribution in [3.05, 3.63) is 83.1 Å². The number of nitrogens with zero attached hydrogens (tertiary/aromatic N) is 6. The number of carbonyl (C=O) groups is 1. The van der Waals surface area contributed by atoms with E-state index < -0.39 is 0 Å². The van der Waals surface area contributed by atoms with Crippen molar-refractivity contribution in [1.82, 2.24) is 24.0 Å². The molecule has 0 bridgehead atoms. The molecule has 4 aromatic rings. The second-order valence-corrected chi connectivity index (χ2v) is 9.88. The van der Waals surface area contributed by atoms with Gasteiger partial charge in [0, 0.05) is 19.1 Å². The lowest BCUT2D eigenvalue weighted by molar-refractivity contribution is -0.128. The largest absolute Gasteiger partial charge is 0.457 e. The first-order valence-electron chi connectivity index (χ1n) is 13.0. The van der Waals surface area contributed by atoms with Gasteiger partial charge < -0.3 is 15.4 Å². The SMILES string of the molecule is N#C/C(=C\C1CC1)C(=O)N1CCC(n2c(=O)n(-c3ccc(Oc4ccccc4)cc3)c3c(N)ncnc32)CC1. The fourth-order valence-electron chi connectivity index (χ4n) is 5.08. The van der Waals surface area contributed by atoms with Gasteiger partial charge in [-0.05, 0) is 68.0 Å². The van der Waals surface area contributed by atoms with Crippen LogP contribution in [0.15, 0.2) is 77.4 Å². The van der Waals surface area contributed by atoms with Crippen molar-refractivity contribution in [2.45, 2.75) is 31.7 Å². The highest BCUT2D eigenvalue weighted by atomic mass is 16.5. The number of carbonyl (C=O) groups excluding carboxylic acids is 1. The topological polar surface area (TPSA) is 132 Å². The zero-order chi connectivity index (χ0) is 26.9. The molecule has 2 aliphatic rings. The van der Waals surface area contributed by atoms with Gasteiger partial charge in [-0.2, -0.15) is 5.26 Å². The Labute approximate surface area is 224 Å². The first-order chi connectivity index (χ1) is 19.0. The molecule has 1 saturated carbocycles. The quantitative estimate of drug-likeness (QED) is 0.300. The Morgan fingerprint density at radius 3 is 2.36 bits per heavy atom. The number of nitrogen functional groups attached to an aromatic ring is 1. The van der Waals surface area contributed by atoms with Gasteiger partial charge in [-0.3, -0.25) is 13.9 Å². The summed E-state index contributed by atoms with van der Waals surface area (Å²) in [5.41, 5.74) is 7.70. The predicted octanol–water partition coefficient (Wildman–Crippen LogP) is 3.98. The summed E-state index contributed by atoms with van der Waals surface area (Å²) in [5, 5.41) is 9.47. The van der Waals surface area contributed by atoms with Crippen LogP contribution in [-0.4, -0.2) is 43.0 Å². The summed E-state index contributed by atoms with van der Waals surface area (Å²) in [6.45, 7) is 0.886. The Bertz CT molecular complexity index is 1650. The van der Waals surface area contributed by atoms with Crippen LogP contribution in [0.2, 0.25) is 0 Å². The van der Waals surface area contributed by atoms with Crippen molar-refractivity contribution in [1.29, 1.82) is 5.26 Å². The van der Waals surface area contributed by atoms with Gasteiger partial charge in [-0.25, -0.2) is 14.8 Å². The van der Waals surface area contributed by atoms with Crippen molar-refractivity contribution >= 4 is 22.9 Å². The van der Waals surface area contributed by atoms with E-state index in [0.29, 0.717) is 60.2 Å². The minimum atomic E-state index is -0.273. The van der Waals surface area contributed by atoms with Gasteiger partial charge in [-0.15, -0.1) is 0 Å². The summed E-state index contributed by atoms with van der Waals surface area (Å²) in [4.78, 5) is 37.0. The van der Waals surface area contributed by atoms with Crippen LogP contribution in [0.25, 0.3) is 16.9 Å². The number of allylic oxidation sites excluding steroid dienone is 1. The molecule has 2 aromatic heterocycles. The van der Waals surface area contributed by atoms with E-state index in [4.69, 9.17) is 10.5 Å². The molecule has 1 saturated heterocycles. The molecule has 3 heterocycles. The van der Waals surface area contributed by atoms with Crippen LogP contribution in [0.5, 0.6) is 11.5 Å². The molecule has 2 aromatic carbocycles. The highest BCUT2D eigenvalue weighted by Crippen LogP contribution is 2.33. The number of anilines is 1. The van der Waals surface area contributed by atoms with E-state index in [0.717, 1.165) is 12.8 Å². The third-order valence-electron chi connectivity index (χ3n) is 7.25. The predicted molar refractivity (Wildman–Crippen MR) is 145 cm³/mol. The number of piperidine rings is 1. The molecule has 39 heavy (non-hydrogen) atoms. The minimum Gasteiger partial charge on any atom is -0.457 e. The third kappa shape index (κ3) is 4.75. The first-order valence-corrected chi connectivity index (χ1v) is 13.0. The van der Waals surface area contributed by atoms with Gasteiger partial charge in [0.25, 0.3) is 5.91 Å². The zero-order valence-corrected chi connectivity index (χ0v) is 21.2. The Morgan fingerprint density at radius 1 is 1.00 bits per heavy atom. The standard InChI is InChI=1S/C29H27N7O3/c30-17-20(16-19-6-7-19)28(37)34-14-12-22(13-15-34)36-27-25(26(31)32-18-33-27)35(29(36)38)21-8-10-24(11-9-21)39-23-4-2-1-3-5-23/h1-5,8-11,16,18-19,22H,6-7,12-15H2,(H2,31,32,33)/b20-16+. The van der Waals surface area contributed by atoms with E-state index in [1.54, 1.807) is 39.8 Å². The van der Waals surface area contributed by atoms with E-state index in [1.165, 1.54) is 10.9 Å². The Kier molecular flexibility index (Phi) is 6.32. The molecule has 10 nitrogen and oxygen atoms in total. The Morgan fingerprint density at radius 2 is 1.69 bits per heavy atom. The smallest absolute Gasteiger partial charge is 0.335 e. The molecule has 1 amide bonds. The molecular formula is C29H27N7O3. The van der Waals surface area contributed by atoms with Crippen LogP contribution in [-0.2, 0) is 4.79 Å². The average Bonchev–Trinajstić information content (AvgIpc) is 3.74. The number of hydrogen-bond acceptors (Lipinski definition) is 7. The fraction of sp³-hybridized carbons (Fsp3) is 0.276. The normalized spacial score (nSPS) is 16.3. The van der Waals surface area contributed by atoms with E-state index in [2.05, 4.69) is 16.0 Å². The van der Waals surface area contributed by atoms with E-state index >= 15 is 0 Å². The number of ether oxygens (including phenoxy) is 1. The lowest BCUT2D eigenvalue weighted by atomic mass is 10.0. The van der Waals surface area contributed by atoms with E-state index in [1.807, 2.05) is 30.3 Å². The van der Waals surface area contributed by atoms with Crippen LogP contribution < -0.4 is 16.2 Å². The summed E-state index contributed by atoms with van der Waals surface area (Å²) in [5.74, 6) is 1.66. The maximum Gasteiger partial charge on any atom is 0.335 e. The maximum atomic E-state index is 13.9. The van der Waals surface area contributed by atoms with Gasteiger partial charge in [0.2, 0.25) is 0 Å². The van der Waals surface area contributed by atoms with E-state index in [9.17, 15) is 14.9 Å². The van der Waals surface area contributed by atoms with Crippen LogP contribution in [0, 0.1) is 17.2 Å². The Hall–Kier alpha value is -4.91. The molecule has 0 radical (unpaired) electrons. The number of likely N-dealkylation sites (tertiary alicyclic amines) is 1. The van der Waals surface area contributed by atoms with Gasteiger partial charge >= 0.3 is 5.69 Å². The lowest BCUT2D eigenvalue weighted by Crippen LogP contribution is -2.41. The minimum absolute atomic E-state index is 0.182. The summed E-state index contributed by atoms with van der Waals surface area (Å²) in [7, 11) is 0. The molecular weight excluding hydrogens is 494 g/mol. The highest BCUT2D eigenvalue weighted by Gasteiger charge is 2.31. The molecule has 1 aliphatic heterocycles. The monoisotopic (exact) mass is 521 g/mol. The molecule has 1 aliphatic carbocycles. The summed E-state index contributed by atoms with van der Waals surface area (Å²) < 4.78 is 9.08. The second kappa shape index (κ2) is 10.1.